The van der Waals surface area contributed by atoms with Gasteiger partial charge in [-0.25, -0.2) is 0 Å². The van der Waals surface area contributed by atoms with E-state index in [0.29, 0.717) is 21.7 Å². The fourth-order valence-electron chi connectivity index (χ4n) is 1.45. The van der Waals surface area contributed by atoms with Gasteiger partial charge in [0.15, 0.2) is 0 Å². The van der Waals surface area contributed by atoms with Crippen LogP contribution in [0.4, 0.5) is 5.95 Å². The first kappa shape index (κ1) is 15.6. The van der Waals surface area contributed by atoms with Gasteiger partial charge in [0.05, 0.1) is 6.10 Å². The number of hydrogen-bond acceptors (Lipinski definition) is 6. The van der Waals surface area contributed by atoms with Crippen LogP contribution in [-0.2, 0) is 0 Å². The van der Waals surface area contributed by atoms with Crippen LogP contribution in [0.15, 0.2) is 18.2 Å². The van der Waals surface area contributed by atoms with Crippen LogP contribution in [0.5, 0.6) is 17.8 Å². The van der Waals surface area contributed by atoms with E-state index in [2.05, 4.69) is 20.3 Å². The summed E-state index contributed by atoms with van der Waals surface area (Å²) in [5, 5.41) is 3.73. The van der Waals surface area contributed by atoms with Gasteiger partial charge in [0.25, 0.3) is 0 Å². The highest BCUT2D eigenvalue weighted by Crippen LogP contribution is 2.27. The van der Waals surface area contributed by atoms with Crippen LogP contribution in [0.1, 0.15) is 13.8 Å². The zero-order chi connectivity index (χ0) is 15.4. The Morgan fingerprint density at radius 2 is 1.62 bits per heavy atom. The summed E-state index contributed by atoms with van der Waals surface area (Å²) in [5.41, 5.74) is 0. The Kier molecular flexibility index (Phi) is 5.03. The molecule has 2 rings (SSSR count). The maximum absolute atomic E-state index is 5.92. The molecule has 0 aliphatic heterocycles. The lowest BCUT2D eigenvalue weighted by Crippen LogP contribution is -2.11. The zero-order valence-corrected chi connectivity index (χ0v) is 13.2. The lowest BCUT2D eigenvalue weighted by Gasteiger charge is -2.10. The summed E-state index contributed by atoms with van der Waals surface area (Å²) in [6.07, 6.45) is -0.0643. The van der Waals surface area contributed by atoms with Crippen molar-refractivity contribution in [3.05, 3.63) is 28.2 Å². The summed E-state index contributed by atoms with van der Waals surface area (Å²) < 4.78 is 11.0. The Labute approximate surface area is 132 Å². The van der Waals surface area contributed by atoms with Crippen molar-refractivity contribution in [2.75, 3.05) is 12.4 Å². The highest BCUT2D eigenvalue weighted by molar-refractivity contribution is 6.34. The molecular formula is C13H14Cl2N4O2. The Morgan fingerprint density at radius 3 is 2.19 bits per heavy atom. The van der Waals surface area contributed by atoms with Gasteiger partial charge in [0, 0.05) is 17.1 Å². The number of aromatic nitrogens is 3. The maximum atomic E-state index is 5.92. The van der Waals surface area contributed by atoms with E-state index in [0.717, 1.165) is 0 Å². The Morgan fingerprint density at radius 1 is 1.00 bits per heavy atom. The quantitative estimate of drug-likeness (QED) is 0.900. The van der Waals surface area contributed by atoms with Gasteiger partial charge >= 0.3 is 12.0 Å². The molecule has 1 aromatic carbocycles. The molecule has 0 bridgehead atoms. The van der Waals surface area contributed by atoms with Crippen molar-refractivity contribution in [3.63, 3.8) is 0 Å². The molecule has 8 heteroatoms. The average Bonchev–Trinajstić information content (AvgIpc) is 2.36. The molecule has 0 aliphatic carbocycles. The molecule has 0 fully saturated rings. The van der Waals surface area contributed by atoms with Gasteiger partial charge in [0.1, 0.15) is 5.75 Å². The molecule has 0 saturated heterocycles. The predicted molar refractivity (Wildman–Crippen MR) is 81.7 cm³/mol. The number of hydrogen-bond donors (Lipinski definition) is 1. The Hall–Kier alpha value is -1.79. The van der Waals surface area contributed by atoms with Crippen molar-refractivity contribution in [2.45, 2.75) is 20.0 Å². The molecule has 112 valence electrons. The third-order valence-corrected chi connectivity index (χ3v) is 2.64. The van der Waals surface area contributed by atoms with E-state index in [9.17, 15) is 0 Å². The number of ether oxygens (including phenoxy) is 2. The summed E-state index contributed by atoms with van der Waals surface area (Å²) in [7, 11) is 1.69. The first-order valence-electron chi connectivity index (χ1n) is 6.20. The first-order valence-corrected chi connectivity index (χ1v) is 6.96. The third kappa shape index (κ3) is 4.61. The van der Waals surface area contributed by atoms with Gasteiger partial charge in [-0.05, 0) is 32.0 Å². The summed E-state index contributed by atoms with van der Waals surface area (Å²) in [5.74, 6) is 0.764. The first-order chi connectivity index (χ1) is 9.96. The van der Waals surface area contributed by atoms with Gasteiger partial charge in [0.2, 0.25) is 5.95 Å². The molecule has 1 N–H and O–H groups in total. The van der Waals surface area contributed by atoms with E-state index in [1.165, 1.54) is 0 Å². The predicted octanol–water partition coefficient (Wildman–Crippen LogP) is 3.80. The maximum Gasteiger partial charge on any atom is 0.330 e. The van der Waals surface area contributed by atoms with E-state index < -0.39 is 0 Å². The summed E-state index contributed by atoms with van der Waals surface area (Å²) in [6.45, 7) is 3.75. The van der Waals surface area contributed by atoms with Crippen molar-refractivity contribution in [1.82, 2.24) is 15.0 Å². The molecule has 0 spiro atoms. The van der Waals surface area contributed by atoms with E-state index >= 15 is 0 Å². The highest BCUT2D eigenvalue weighted by atomic mass is 35.5. The molecule has 21 heavy (non-hydrogen) atoms. The molecule has 0 unspecified atom stereocenters. The van der Waals surface area contributed by atoms with Crippen LogP contribution in [0, 0.1) is 0 Å². The third-order valence-electron chi connectivity index (χ3n) is 2.20. The fraction of sp³-hybridized carbons (Fsp3) is 0.308. The van der Waals surface area contributed by atoms with Crippen LogP contribution in [0.3, 0.4) is 0 Å². The van der Waals surface area contributed by atoms with Gasteiger partial charge in [-0.15, -0.1) is 4.98 Å². The number of anilines is 1. The lowest BCUT2D eigenvalue weighted by atomic mass is 10.3. The van der Waals surface area contributed by atoms with Crippen molar-refractivity contribution >= 4 is 29.2 Å². The molecule has 0 radical (unpaired) electrons. The summed E-state index contributed by atoms with van der Waals surface area (Å²) in [4.78, 5) is 12.3. The van der Waals surface area contributed by atoms with E-state index in [4.69, 9.17) is 32.7 Å². The molecule has 0 aliphatic rings. The Bertz CT molecular complexity index is 617. The monoisotopic (exact) mass is 328 g/mol. The van der Waals surface area contributed by atoms with E-state index in [-0.39, 0.29) is 18.1 Å². The minimum atomic E-state index is -0.0643. The average molecular weight is 329 g/mol. The largest absolute Gasteiger partial charge is 0.461 e. The zero-order valence-electron chi connectivity index (χ0n) is 11.7. The SMILES string of the molecule is CNc1nc(Oc2cc(Cl)cc(Cl)c2)nc(OC(C)C)n1. The van der Waals surface area contributed by atoms with Crippen LogP contribution in [0.2, 0.25) is 10.0 Å². The molecule has 2 aromatic rings. The number of benzene rings is 1. The lowest BCUT2D eigenvalue weighted by molar-refractivity contribution is 0.218. The summed E-state index contributed by atoms with van der Waals surface area (Å²) in [6, 6.07) is 5.09. The normalized spacial score (nSPS) is 10.6. The number of nitrogens with one attached hydrogen (secondary N) is 1. The second-order valence-corrected chi connectivity index (χ2v) is 5.22. The molecule has 0 saturated carbocycles. The van der Waals surface area contributed by atoms with Crippen molar-refractivity contribution in [3.8, 4) is 17.8 Å². The number of halogens is 2. The molecular weight excluding hydrogens is 315 g/mol. The van der Waals surface area contributed by atoms with Gasteiger partial charge < -0.3 is 14.8 Å². The fourth-order valence-corrected chi connectivity index (χ4v) is 1.96. The number of rotatable bonds is 5. The van der Waals surface area contributed by atoms with Crippen LogP contribution in [0.25, 0.3) is 0 Å². The van der Waals surface area contributed by atoms with Crippen LogP contribution in [-0.4, -0.2) is 28.1 Å². The standard InChI is InChI=1S/C13H14Cl2N4O2/c1-7(2)20-12-17-11(16-3)18-13(19-12)21-10-5-8(14)4-9(15)6-10/h4-7H,1-3H3,(H,16,17,18,19). The topological polar surface area (TPSA) is 69.2 Å². The van der Waals surface area contributed by atoms with Crippen LogP contribution >= 0.6 is 23.2 Å². The van der Waals surface area contributed by atoms with Gasteiger partial charge in [-0.3, -0.25) is 0 Å². The van der Waals surface area contributed by atoms with E-state index in [1.54, 1.807) is 25.2 Å². The van der Waals surface area contributed by atoms with Gasteiger partial charge in [-0.2, -0.15) is 9.97 Å². The molecule has 0 atom stereocenters. The second kappa shape index (κ2) is 6.78. The van der Waals surface area contributed by atoms with Crippen molar-refractivity contribution in [1.29, 1.82) is 0 Å². The molecule has 6 nitrogen and oxygen atoms in total. The van der Waals surface area contributed by atoms with Crippen molar-refractivity contribution < 1.29 is 9.47 Å². The number of nitrogens with zero attached hydrogens (tertiary/aromatic N) is 3. The summed E-state index contributed by atoms with van der Waals surface area (Å²) >= 11 is 11.8. The molecule has 0 amide bonds. The minimum absolute atomic E-state index is 0.0643. The van der Waals surface area contributed by atoms with Crippen molar-refractivity contribution in [2.24, 2.45) is 0 Å². The highest BCUT2D eigenvalue weighted by Gasteiger charge is 2.11. The van der Waals surface area contributed by atoms with Crippen LogP contribution < -0.4 is 14.8 Å². The van der Waals surface area contributed by atoms with E-state index in [1.807, 2.05) is 13.8 Å². The second-order valence-electron chi connectivity index (χ2n) is 4.35. The van der Waals surface area contributed by atoms with Gasteiger partial charge in [-0.1, -0.05) is 23.2 Å². The Balaban J connectivity index is 2.29. The molecule has 1 aromatic heterocycles. The smallest absolute Gasteiger partial charge is 0.330 e. The minimum Gasteiger partial charge on any atom is -0.461 e. The molecule has 1 heterocycles.